The predicted octanol–water partition coefficient (Wildman–Crippen LogP) is 0.852. The topological polar surface area (TPSA) is 55.8 Å². The number of ketones is 1. The summed E-state index contributed by atoms with van der Waals surface area (Å²) in [7, 11) is 1.53. The van der Waals surface area contributed by atoms with E-state index in [1.807, 2.05) is 0 Å². The van der Waals surface area contributed by atoms with Crippen LogP contribution in [0.2, 0.25) is 0 Å². The number of hydrogen-bond donors (Lipinski definition) is 1. The average Bonchev–Trinajstić information content (AvgIpc) is 2.20. The van der Waals surface area contributed by atoms with Gasteiger partial charge < -0.3 is 14.6 Å². The maximum absolute atomic E-state index is 11.6. The zero-order valence-corrected chi connectivity index (χ0v) is 8.58. The minimum atomic E-state index is -0.625. The monoisotopic (exact) mass is 200 g/mol. The Morgan fingerprint density at radius 3 is 2.86 bits per heavy atom. The lowest BCUT2D eigenvalue weighted by Gasteiger charge is -2.28. The van der Waals surface area contributed by atoms with E-state index in [0.29, 0.717) is 18.6 Å². The van der Waals surface area contributed by atoms with Gasteiger partial charge in [0.15, 0.2) is 12.6 Å². The molecule has 0 saturated heterocycles. The van der Waals surface area contributed by atoms with E-state index in [1.54, 1.807) is 6.92 Å². The van der Waals surface area contributed by atoms with Crippen LogP contribution < -0.4 is 0 Å². The van der Waals surface area contributed by atoms with Gasteiger partial charge in [0.05, 0.1) is 12.0 Å². The van der Waals surface area contributed by atoms with Gasteiger partial charge >= 0.3 is 0 Å². The third-order valence-corrected chi connectivity index (χ3v) is 2.52. The Hall–Kier alpha value is -0.870. The van der Waals surface area contributed by atoms with E-state index < -0.39 is 5.41 Å². The van der Waals surface area contributed by atoms with Crippen molar-refractivity contribution in [3.63, 3.8) is 0 Å². The summed E-state index contributed by atoms with van der Waals surface area (Å²) < 4.78 is 9.91. The molecule has 0 bridgehead atoms. The average molecular weight is 200 g/mol. The molecule has 0 radical (unpaired) electrons. The molecule has 0 amide bonds. The number of aliphatic hydroxyl groups is 1. The summed E-state index contributed by atoms with van der Waals surface area (Å²) in [6.07, 6.45) is 2.75. The summed E-state index contributed by atoms with van der Waals surface area (Å²) in [5.74, 6) is 0.570. The molecule has 1 N–H and O–H groups in total. The highest BCUT2D eigenvalue weighted by Crippen LogP contribution is 2.31. The van der Waals surface area contributed by atoms with Crippen molar-refractivity contribution in [1.29, 1.82) is 0 Å². The fourth-order valence-corrected chi connectivity index (χ4v) is 1.32. The lowest BCUT2D eigenvalue weighted by Crippen LogP contribution is -2.33. The lowest BCUT2D eigenvalue weighted by atomic mass is 9.78. The molecular weight excluding hydrogens is 184 g/mol. The van der Waals surface area contributed by atoms with Gasteiger partial charge in [0.1, 0.15) is 5.76 Å². The SMILES string of the molecule is COCOC1=CC(=O)[C@@](C)(CO)CC1. The van der Waals surface area contributed by atoms with Crippen LogP contribution in [-0.2, 0) is 14.3 Å². The maximum atomic E-state index is 11.6. The van der Waals surface area contributed by atoms with Gasteiger partial charge in [0.25, 0.3) is 0 Å². The van der Waals surface area contributed by atoms with Crippen molar-refractivity contribution in [1.82, 2.24) is 0 Å². The molecule has 0 aromatic heterocycles. The summed E-state index contributed by atoms with van der Waals surface area (Å²) in [5, 5.41) is 9.07. The number of carbonyl (C=O) groups is 1. The van der Waals surface area contributed by atoms with Crippen LogP contribution in [0.15, 0.2) is 11.8 Å². The fourth-order valence-electron chi connectivity index (χ4n) is 1.32. The molecule has 1 aliphatic carbocycles. The molecule has 0 aromatic rings. The molecule has 1 rings (SSSR count). The van der Waals surface area contributed by atoms with Gasteiger partial charge in [-0.1, -0.05) is 6.92 Å². The van der Waals surface area contributed by atoms with Crippen molar-refractivity contribution in [2.24, 2.45) is 5.41 Å². The highest BCUT2D eigenvalue weighted by atomic mass is 16.7. The van der Waals surface area contributed by atoms with Crippen LogP contribution in [0.4, 0.5) is 0 Å². The number of hydrogen-bond acceptors (Lipinski definition) is 4. The van der Waals surface area contributed by atoms with Crippen LogP contribution in [-0.4, -0.2) is 31.4 Å². The first-order chi connectivity index (χ1) is 6.62. The third kappa shape index (κ3) is 2.33. The largest absolute Gasteiger partial charge is 0.472 e. The molecule has 0 heterocycles. The molecule has 4 nitrogen and oxygen atoms in total. The van der Waals surface area contributed by atoms with Gasteiger partial charge in [0, 0.05) is 19.6 Å². The van der Waals surface area contributed by atoms with E-state index in [0.717, 1.165) is 0 Å². The van der Waals surface area contributed by atoms with Crippen LogP contribution in [0.1, 0.15) is 19.8 Å². The smallest absolute Gasteiger partial charge is 0.188 e. The van der Waals surface area contributed by atoms with Crippen molar-refractivity contribution < 1.29 is 19.4 Å². The maximum Gasteiger partial charge on any atom is 0.188 e. The number of allylic oxidation sites excluding steroid dienone is 2. The van der Waals surface area contributed by atoms with Crippen LogP contribution in [0.5, 0.6) is 0 Å². The standard InChI is InChI=1S/C10H16O4/c1-10(6-11)4-3-8(5-9(10)12)14-7-13-2/h5,11H,3-4,6-7H2,1-2H3/t10-/m1/s1. The normalized spacial score (nSPS) is 27.4. The number of aliphatic hydroxyl groups excluding tert-OH is 1. The van der Waals surface area contributed by atoms with E-state index in [1.165, 1.54) is 13.2 Å². The Morgan fingerprint density at radius 1 is 1.64 bits per heavy atom. The molecule has 14 heavy (non-hydrogen) atoms. The van der Waals surface area contributed by atoms with Crippen molar-refractivity contribution >= 4 is 5.78 Å². The Kier molecular flexibility index (Phi) is 3.66. The molecule has 0 aromatic carbocycles. The Balaban J connectivity index is 2.61. The first-order valence-corrected chi connectivity index (χ1v) is 4.60. The third-order valence-electron chi connectivity index (χ3n) is 2.52. The predicted molar refractivity (Wildman–Crippen MR) is 50.5 cm³/mol. The number of ether oxygens (including phenoxy) is 2. The highest BCUT2D eigenvalue weighted by Gasteiger charge is 2.34. The van der Waals surface area contributed by atoms with Crippen LogP contribution in [0, 0.1) is 5.41 Å². The molecule has 0 fully saturated rings. The Morgan fingerprint density at radius 2 is 2.36 bits per heavy atom. The second-order valence-corrected chi connectivity index (χ2v) is 3.74. The van der Waals surface area contributed by atoms with Crippen LogP contribution in [0.3, 0.4) is 0 Å². The summed E-state index contributed by atoms with van der Waals surface area (Å²) in [4.78, 5) is 11.6. The molecule has 1 atom stereocenters. The molecular formula is C10H16O4. The second-order valence-electron chi connectivity index (χ2n) is 3.74. The van der Waals surface area contributed by atoms with Gasteiger partial charge in [-0.15, -0.1) is 0 Å². The van der Waals surface area contributed by atoms with E-state index >= 15 is 0 Å². The number of rotatable bonds is 4. The minimum Gasteiger partial charge on any atom is -0.472 e. The number of methoxy groups -OCH3 is 1. The van der Waals surface area contributed by atoms with E-state index in [-0.39, 0.29) is 19.2 Å². The quantitative estimate of drug-likeness (QED) is 0.683. The molecule has 0 unspecified atom stereocenters. The molecule has 1 aliphatic rings. The molecule has 80 valence electrons. The number of carbonyl (C=O) groups excluding carboxylic acids is 1. The Bertz CT molecular complexity index is 247. The van der Waals surface area contributed by atoms with Crippen LogP contribution >= 0.6 is 0 Å². The zero-order chi connectivity index (χ0) is 10.6. The van der Waals surface area contributed by atoms with Crippen molar-refractivity contribution in [2.75, 3.05) is 20.5 Å². The van der Waals surface area contributed by atoms with Crippen molar-refractivity contribution in [2.45, 2.75) is 19.8 Å². The molecule has 0 aliphatic heterocycles. The fraction of sp³-hybridized carbons (Fsp3) is 0.700. The Labute approximate surface area is 83.5 Å². The lowest BCUT2D eigenvalue weighted by molar-refractivity contribution is -0.127. The first kappa shape index (κ1) is 11.2. The van der Waals surface area contributed by atoms with Gasteiger partial charge in [-0.2, -0.15) is 0 Å². The first-order valence-electron chi connectivity index (χ1n) is 4.60. The highest BCUT2D eigenvalue weighted by molar-refractivity contribution is 5.95. The van der Waals surface area contributed by atoms with Crippen molar-refractivity contribution in [3.05, 3.63) is 11.8 Å². The van der Waals surface area contributed by atoms with Crippen molar-refractivity contribution in [3.8, 4) is 0 Å². The van der Waals surface area contributed by atoms with Gasteiger partial charge in [-0.05, 0) is 6.42 Å². The van der Waals surface area contributed by atoms with E-state index in [2.05, 4.69) is 0 Å². The second kappa shape index (κ2) is 4.57. The van der Waals surface area contributed by atoms with E-state index in [4.69, 9.17) is 14.6 Å². The molecule has 4 heteroatoms. The van der Waals surface area contributed by atoms with Gasteiger partial charge in [0.2, 0.25) is 0 Å². The zero-order valence-electron chi connectivity index (χ0n) is 8.58. The summed E-state index contributed by atoms with van der Waals surface area (Å²) in [6.45, 7) is 1.81. The summed E-state index contributed by atoms with van der Waals surface area (Å²) in [5.41, 5.74) is -0.625. The van der Waals surface area contributed by atoms with Crippen LogP contribution in [0.25, 0.3) is 0 Å². The summed E-state index contributed by atoms with van der Waals surface area (Å²) >= 11 is 0. The molecule has 0 spiro atoms. The van der Waals surface area contributed by atoms with Gasteiger partial charge in [-0.3, -0.25) is 4.79 Å². The summed E-state index contributed by atoms with van der Waals surface area (Å²) in [6, 6.07) is 0. The molecule has 0 saturated carbocycles. The minimum absolute atomic E-state index is 0.0719. The van der Waals surface area contributed by atoms with Gasteiger partial charge in [-0.25, -0.2) is 0 Å². The van der Waals surface area contributed by atoms with E-state index in [9.17, 15) is 4.79 Å².